The first-order valence-electron chi connectivity index (χ1n) is 9.19. The van der Waals surface area contributed by atoms with Crippen LogP contribution in [0.4, 0.5) is 4.79 Å². The SMILES string of the molecule is CCCC1(CNC(=O)N2CCC[C@H](Cn3ccnc3)C2)CCC1. The summed E-state index contributed by atoms with van der Waals surface area (Å²) >= 11 is 0. The lowest BCUT2D eigenvalue weighted by molar-refractivity contribution is 0.108. The van der Waals surface area contributed by atoms with E-state index in [-0.39, 0.29) is 6.03 Å². The lowest BCUT2D eigenvalue weighted by Gasteiger charge is -2.43. The topological polar surface area (TPSA) is 50.2 Å². The standard InChI is InChI=1S/C18H30N4O/c1-2-6-18(7-4-8-18)14-20-17(23)22-10-3-5-16(13-22)12-21-11-9-19-15-21/h9,11,15-16H,2-8,10,12-14H2,1H3,(H,20,23)/t16-/m1/s1. The summed E-state index contributed by atoms with van der Waals surface area (Å²) in [6, 6.07) is 0.141. The first kappa shape index (κ1) is 16.3. The Hall–Kier alpha value is -1.52. The fraction of sp³-hybridized carbons (Fsp3) is 0.778. The first-order chi connectivity index (χ1) is 11.2. The van der Waals surface area contributed by atoms with Crippen LogP contribution in [0.1, 0.15) is 51.9 Å². The third kappa shape index (κ3) is 4.06. The van der Waals surface area contributed by atoms with Crippen molar-refractivity contribution in [1.29, 1.82) is 0 Å². The molecule has 2 aliphatic rings. The van der Waals surface area contributed by atoms with Crippen LogP contribution in [0.15, 0.2) is 18.7 Å². The second kappa shape index (κ2) is 7.37. The number of nitrogens with one attached hydrogen (secondary N) is 1. The van der Waals surface area contributed by atoms with Crippen molar-refractivity contribution in [3.8, 4) is 0 Å². The molecule has 5 heteroatoms. The van der Waals surface area contributed by atoms with Gasteiger partial charge in [0.25, 0.3) is 0 Å². The Labute approximate surface area is 139 Å². The van der Waals surface area contributed by atoms with Gasteiger partial charge >= 0.3 is 6.03 Å². The Morgan fingerprint density at radius 3 is 2.91 bits per heavy atom. The average molecular weight is 318 g/mol. The van der Waals surface area contributed by atoms with E-state index in [2.05, 4.69) is 21.8 Å². The molecule has 128 valence electrons. The van der Waals surface area contributed by atoms with Crippen molar-refractivity contribution < 1.29 is 4.79 Å². The van der Waals surface area contributed by atoms with E-state index < -0.39 is 0 Å². The smallest absolute Gasteiger partial charge is 0.317 e. The van der Waals surface area contributed by atoms with Crippen molar-refractivity contribution in [1.82, 2.24) is 19.8 Å². The molecule has 1 aliphatic heterocycles. The summed E-state index contributed by atoms with van der Waals surface area (Å²) in [5.41, 5.74) is 0.399. The lowest BCUT2D eigenvalue weighted by atomic mass is 9.66. The number of likely N-dealkylation sites (tertiary alicyclic amines) is 1. The summed E-state index contributed by atoms with van der Waals surface area (Å²) < 4.78 is 2.12. The highest BCUT2D eigenvalue weighted by Crippen LogP contribution is 2.44. The molecule has 1 atom stereocenters. The number of carbonyl (C=O) groups excluding carboxylic acids is 1. The highest BCUT2D eigenvalue weighted by atomic mass is 16.2. The number of carbonyl (C=O) groups is 1. The molecule has 1 N–H and O–H groups in total. The van der Waals surface area contributed by atoms with E-state index in [0.717, 1.165) is 32.6 Å². The molecule has 2 amide bonds. The van der Waals surface area contributed by atoms with Crippen LogP contribution in [0.2, 0.25) is 0 Å². The number of piperidine rings is 1. The molecule has 1 aliphatic carbocycles. The van der Waals surface area contributed by atoms with Crippen LogP contribution in [0.5, 0.6) is 0 Å². The second-order valence-corrected chi connectivity index (χ2v) is 7.48. The highest BCUT2D eigenvalue weighted by molar-refractivity contribution is 5.74. The fourth-order valence-corrected chi connectivity index (χ4v) is 4.19. The average Bonchev–Trinajstić information content (AvgIpc) is 3.02. The molecule has 0 aromatic carbocycles. The van der Waals surface area contributed by atoms with Crippen molar-refractivity contribution in [3.05, 3.63) is 18.7 Å². The third-order valence-corrected chi connectivity index (χ3v) is 5.64. The van der Waals surface area contributed by atoms with Crippen LogP contribution in [0.25, 0.3) is 0 Å². The number of rotatable bonds is 6. The van der Waals surface area contributed by atoms with Crippen molar-refractivity contribution in [2.75, 3.05) is 19.6 Å². The van der Waals surface area contributed by atoms with Crippen molar-refractivity contribution >= 4 is 6.03 Å². The van der Waals surface area contributed by atoms with E-state index in [1.54, 1.807) is 0 Å². The second-order valence-electron chi connectivity index (χ2n) is 7.48. The number of urea groups is 1. The normalized spacial score (nSPS) is 23.3. The maximum atomic E-state index is 12.5. The third-order valence-electron chi connectivity index (χ3n) is 5.64. The molecule has 2 heterocycles. The lowest BCUT2D eigenvalue weighted by Crippen LogP contribution is -2.50. The molecule has 3 rings (SSSR count). The van der Waals surface area contributed by atoms with Crippen molar-refractivity contribution in [3.63, 3.8) is 0 Å². The summed E-state index contributed by atoms with van der Waals surface area (Å²) in [5, 5.41) is 3.23. The summed E-state index contributed by atoms with van der Waals surface area (Å²) in [4.78, 5) is 18.7. The van der Waals surface area contributed by atoms with Crippen LogP contribution in [-0.2, 0) is 6.54 Å². The minimum Gasteiger partial charge on any atom is -0.337 e. The van der Waals surface area contributed by atoms with Gasteiger partial charge in [0, 0.05) is 38.6 Å². The van der Waals surface area contributed by atoms with Crippen LogP contribution < -0.4 is 5.32 Å². The van der Waals surface area contributed by atoms with Crippen molar-refractivity contribution in [2.45, 2.75) is 58.4 Å². The van der Waals surface area contributed by atoms with Gasteiger partial charge in [-0.3, -0.25) is 0 Å². The number of hydrogen-bond donors (Lipinski definition) is 1. The number of imidazole rings is 1. The van der Waals surface area contributed by atoms with Crippen LogP contribution in [0.3, 0.4) is 0 Å². The zero-order valence-corrected chi connectivity index (χ0v) is 14.3. The minimum absolute atomic E-state index is 0.141. The fourth-order valence-electron chi connectivity index (χ4n) is 4.19. The van der Waals surface area contributed by atoms with Gasteiger partial charge in [0.15, 0.2) is 0 Å². The molecule has 0 radical (unpaired) electrons. The van der Waals surface area contributed by atoms with Gasteiger partial charge in [-0.1, -0.05) is 19.8 Å². The van der Waals surface area contributed by atoms with Gasteiger partial charge in [-0.15, -0.1) is 0 Å². The number of aromatic nitrogens is 2. The van der Waals surface area contributed by atoms with Crippen LogP contribution >= 0.6 is 0 Å². The van der Waals surface area contributed by atoms with E-state index in [9.17, 15) is 4.79 Å². The zero-order valence-electron chi connectivity index (χ0n) is 14.3. The van der Waals surface area contributed by atoms with Gasteiger partial charge in [-0.05, 0) is 43.4 Å². The largest absolute Gasteiger partial charge is 0.337 e. The molecular weight excluding hydrogens is 288 g/mol. The summed E-state index contributed by atoms with van der Waals surface area (Å²) in [7, 11) is 0. The predicted molar refractivity (Wildman–Crippen MR) is 91.1 cm³/mol. The minimum atomic E-state index is 0.141. The van der Waals surface area contributed by atoms with E-state index in [1.165, 1.54) is 38.5 Å². The zero-order chi connectivity index (χ0) is 16.1. The molecule has 1 aromatic rings. The highest BCUT2D eigenvalue weighted by Gasteiger charge is 2.36. The summed E-state index contributed by atoms with van der Waals surface area (Å²) in [5.74, 6) is 0.539. The Morgan fingerprint density at radius 1 is 1.39 bits per heavy atom. The van der Waals surface area contributed by atoms with Gasteiger partial charge in [0.05, 0.1) is 6.33 Å². The Bertz CT molecular complexity index is 495. The van der Waals surface area contributed by atoms with Gasteiger partial charge in [-0.2, -0.15) is 0 Å². The van der Waals surface area contributed by atoms with E-state index >= 15 is 0 Å². The number of nitrogens with zero attached hydrogens (tertiary/aromatic N) is 3. The monoisotopic (exact) mass is 318 g/mol. The van der Waals surface area contributed by atoms with Gasteiger partial charge in [0.2, 0.25) is 0 Å². The van der Waals surface area contributed by atoms with Gasteiger partial charge < -0.3 is 14.8 Å². The first-order valence-corrected chi connectivity index (χ1v) is 9.19. The molecule has 1 saturated carbocycles. The van der Waals surface area contributed by atoms with Crippen LogP contribution in [0, 0.1) is 11.3 Å². The molecule has 0 bridgehead atoms. The number of hydrogen-bond acceptors (Lipinski definition) is 2. The molecule has 1 aromatic heterocycles. The maximum Gasteiger partial charge on any atom is 0.317 e. The van der Waals surface area contributed by atoms with E-state index in [1.807, 2.05) is 23.6 Å². The summed E-state index contributed by atoms with van der Waals surface area (Å²) in [6.45, 7) is 5.83. The van der Waals surface area contributed by atoms with Gasteiger partial charge in [0.1, 0.15) is 0 Å². The predicted octanol–water partition coefficient (Wildman–Crippen LogP) is 3.28. The van der Waals surface area contributed by atoms with E-state index in [4.69, 9.17) is 0 Å². The van der Waals surface area contributed by atoms with E-state index in [0.29, 0.717) is 11.3 Å². The number of amides is 2. The Balaban J connectivity index is 1.47. The quantitative estimate of drug-likeness (QED) is 0.875. The maximum absolute atomic E-state index is 12.5. The molecule has 1 saturated heterocycles. The molecule has 0 spiro atoms. The summed E-state index contributed by atoms with van der Waals surface area (Å²) in [6.07, 6.45) is 14.3. The molecule has 0 unspecified atom stereocenters. The Kier molecular flexibility index (Phi) is 5.23. The Morgan fingerprint density at radius 2 is 2.26 bits per heavy atom. The van der Waals surface area contributed by atoms with Gasteiger partial charge in [-0.25, -0.2) is 9.78 Å². The van der Waals surface area contributed by atoms with Crippen molar-refractivity contribution in [2.24, 2.45) is 11.3 Å². The molecular formula is C18H30N4O. The molecule has 23 heavy (non-hydrogen) atoms. The van der Waals surface area contributed by atoms with Crippen LogP contribution in [-0.4, -0.2) is 40.1 Å². The molecule has 2 fully saturated rings. The molecule has 5 nitrogen and oxygen atoms in total.